The van der Waals surface area contributed by atoms with Crippen molar-refractivity contribution in [3.8, 4) is 0 Å². The topological polar surface area (TPSA) is 64.4 Å². The summed E-state index contributed by atoms with van der Waals surface area (Å²) < 4.78 is 5.29. The van der Waals surface area contributed by atoms with Gasteiger partial charge in [-0.05, 0) is 31.6 Å². The van der Waals surface area contributed by atoms with Crippen molar-refractivity contribution in [3.63, 3.8) is 0 Å². The van der Waals surface area contributed by atoms with E-state index in [1.165, 1.54) is 6.42 Å². The molecule has 1 aliphatic heterocycles. The summed E-state index contributed by atoms with van der Waals surface area (Å²) in [5.41, 5.74) is 5.64. The van der Waals surface area contributed by atoms with E-state index in [1.54, 1.807) is 0 Å². The molecule has 3 N–H and O–H groups in total. The molecule has 0 aromatic carbocycles. The lowest BCUT2D eigenvalue weighted by Crippen LogP contribution is -2.58. The summed E-state index contributed by atoms with van der Waals surface area (Å²) in [6, 6.07) is 0.258. The SMILES string of the molecule is CC1CCCC(N)(C(=O)NC2CCOCC2)C1. The lowest BCUT2D eigenvalue weighted by molar-refractivity contribution is -0.129. The van der Waals surface area contributed by atoms with Crippen LogP contribution in [0.5, 0.6) is 0 Å². The molecule has 2 aliphatic rings. The van der Waals surface area contributed by atoms with Gasteiger partial charge in [-0.25, -0.2) is 0 Å². The molecule has 0 aromatic rings. The van der Waals surface area contributed by atoms with Gasteiger partial charge in [0.05, 0.1) is 5.54 Å². The molecular weight excluding hydrogens is 216 g/mol. The third-order valence-corrected chi connectivity index (χ3v) is 4.04. The number of nitrogens with one attached hydrogen (secondary N) is 1. The van der Waals surface area contributed by atoms with Crippen LogP contribution in [-0.4, -0.2) is 30.7 Å². The molecule has 0 bridgehead atoms. The first-order valence-electron chi connectivity index (χ1n) is 6.78. The Labute approximate surface area is 103 Å². The van der Waals surface area contributed by atoms with E-state index in [-0.39, 0.29) is 11.9 Å². The second kappa shape index (κ2) is 5.36. The molecule has 4 nitrogen and oxygen atoms in total. The maximum atomic E-state index is 12.3. The summed E-state index contributed by atoms with van der Waals surface area (Å²) in [5, 5.41) is 3.11. The first-order chi connectivity index (χ1) is 8.10. The Balaban J connectivity index is 1.89. The van der Waals surface area contributed by atoms with E-state index in [0.717, 1.165) is 45.3 Å². The van der Waals surface area contributed by atoms with Crippen LogP contribution in [0.4, 0.5) is 0 Å². The number of nitrogens with two attached hydrogens (primary N) is 1. The minimum absolute atomic E-state index is 0.0518. The lowest BCUT2D eigenvalue weighted by atomic mass is 9.76. The third-order valence-electron chi connectivity index (χ3n) is 4.04. The summed E-state index contributed by atoms with van der Waals surface area (Å²) in [6.45, 7) is 3.68. The minimum atomic E-state index is -0.629. The predicted octanol–water partition coefficient (Wildman–Crippen LogP) is 1.19. The summed E-state index contributed by atoms with van der Waals surface area (Å²) in [7, 11) is 0. The number of carbonyl (C=O) groups is 1. The normalized spacial score (nSPS) is 35.5. The number of rotatable bonds is 2. The molecule has 1 amide bonds. The third kappa shape index (κ3) is 3.19. The van der Waals surface area contributed by atoms with Crippen LogP contribution in [0.15, 0.2) is 0 Å². The van der Waals surface area contributed by atoms with Crippen molar-refractivity contribution in [1.29, 1.82) is 0 Å². The number of amides is 1. The second-order valence-electron chi connectivity index (χ2n) is 5.72. The molecule has 2 unspecified atom stereocenters. The van der Waals surface area contributed by atoms with Gasteiger partial charge in [-0.1, -0.05) is 19.8 Å². The van der Waals surface area contributed by atoms with Gasteiger partial charge < -0.3 is 15.8 Å². The molecule has 1 aliphatic carbocycles. The smallest absolute Gasteiger partial charge is 0.240 e. The molecule has 2 fully saturated rings. The number of hydrogen-bond donors (Lipinski definition) is 2. The van der Waals surface area contributed by atoms with E-state index in [9.17, 15) is 4.79 Å². The maximum Gasteiger partial charge on any atom is 0.240 e. The fourth-order valence-corrected chi connectivity index (χ4v) is 2.97. The van der Waals surface area contributed by atoms with Gasteiger partial charge in [-0.15, -0.1) is 0 Å². The van der Waals surface area contributed by atoms with Gasteiger partial charge in [0.25, 0.3) is 0 Å². The van der Waals surface area contributed by atoms with Crippen molar-refractivity contribution in [3.05, 3.63) is 0 Å². The molecule has 17 heavy (non-hydrogen) atoms. The number of hydrogen-bond acceptors (Lipinski definition) is 3. The van der Waals surface area contributed by atoms with E-state index >= 15 is 0 Å². The van der Waals surface area contributed by atoms with Crippen LogP contribution >= 0.6 is 0 Å². The monoisotopic (exact) mass is 240 g/mol. The second-order valence-corrected chi connectivity index (χ2v) is 5.72. The standard InChI is InChI=1S/C13H24N2O2/c1-10-3-2-6-13(14,9-10)12(16)15-11-4-7-17-8-5-11/h10-11H,2-9,14H2,1H3,(H,15,16). The van der Waals surface area contributed by atoms with E-state index < -0.39 is 5.54 Å². The van der Waals surface area contributed by atoms with Crippen molar-refractivity contribution in [2.75, 3.05) is 13.2 Å². The van der Waals surface area contributed by atoms with E-state index in [2.05, 4.69) is 12.2 Å². The maximum absolute atomic E-state index is 12.3. The summed E-state index contributed by atoms with van der Waals surface area (Å²) >= 11 is 0. The van der Waals surface area contributed by atoms with Crippen molar-refractivity contribution in [1.82, 2.24) is 5.32 Å². The first kappa shape index (κ1) is 12.8. The molecule has 2 rings (SSSR count). The van der Waals surface area contributed by atoms with Crippen LogP contribution in [-0.2, 0) is 9.53 Å². The van der Waals surface area contributed by atoms with Gasteiger partial charge in [0.15, 0.2) is 0 Å². The highest BCUT2D eigenvalue weighted by Gasteiger charge is 2.38. The molecule has 1 heterocycles. The summed E-state index contributed by atoms with van der Waals surface area (Å²) in [4.78, 5) is 12.3. The van der Waals surface area contributed by atoms with E-state index in [1.807, 2.05) is 0 Å². The number of carbonyl (C=O) groups excluding carboxylic acids is 1. The highest BCUT2D eigenvalue weighted by Crippen LogP contribution is 2.30. The molecule has 1 saturated carbocycles. The van der Waals surface area contributed by atoms with Crippen LogP contribution in [0.1, 0.15) is 45.4 Å². The predicted molar refractivity (Wildman–Crippen MR) is 66.5 cm³/mol. The van der Waals surface area contributed by atoms with Gasteiger partial charge in [-0.3, -0.25) is 4.79 Å². The fraction of sp³-hybridized carbons (Fsp3) is 0.923. The highest BCUT2D eigenvalue weighted by atomic mass is 16.5. The van der Waals surface area contributed by atoms with Gasteiger partial charge >= 0.3 is 0 Å². The molecule has 1 saturated heterocycles. The fourth-order valence-electron chi connectivity index (χ4n) is 2.97. The molecule has 4 heteroatoms. The quantitative estimate of drug-likeness (QED) is 0.762. The Morgan fingerprint density at radius 1 is 1.35 bits per heavy atom. The average Bonchev–Trinajstić information content (AvgIpc) is 2.30. The van der Waals surface area contributed by atoms with Gasteiger partial charge in [0.2, 0.25) is 5.91 Å². The van der Waals surface area contributed by atoms with Crippen LogP contribution < -0.4 is 11.1 Å². The van der Waals surface area contributed by atoms with E-state index in [0.29, 0.717) is 5.92 Å². The minimum Gasteiger partial charge on any atom is -0.381 e. The first-order valence-corrected chi connectivity index (χ1v) is 6.78. The van der Waals surface area contributed by atoms with Gasteiger partial charge in [0.1, 0.15) is 0 Å². The molecular formula is C13H24N2O2. The zero-order valence-corrected chi connectivity index (χ0v) is 10.7. The molecule has 0 aromatic heterocycles. The summed E-state index contributed by atoms with van der Waals surface area (Å²) in [5.74, 6) is 0.616. The Morgan fingerprint density at radius 3 is 2.71 bits per heavy atom. The molecule has 0 spiro atoms. The van der Waals surface area contributed by atoms with Crippen LogP contribution in [0.2, 0.25) is 0 Å². The zero-order chi connectivity index (χ0) is 12.3. The van der Waals surface area contributed by atoms with Crippen molar-refractivity contribution in [2.45, 2.75) is 57.0 Å². The lowest BCUT2D eigenvalue weighted by Gasteiger charge is -2.37. The Kier molecular flexibility index (Phi) is 4.05. The Hall–Kier alpha value is -0.610. The van der Waals surface area contributed by atoms with Crippen molar-refractivity contribution >= 4 is 5.91 Å². The molecule has 2 atom stereocenters. The largest absolute Gasteiger partial charge is 0.381 e. The van der Waals surface area contributed by atoms with Crippen LogP contribution in [0, 0.1) is 5.92 Å². The van der Waals surface area contributed by atoms with Crippen molar-refractivity contribution < 1.29 is 9.53 Å². The highest BCUT2D eigenvalue weighted by molar-refractivity contribution is 5.86. The average molecular weight is 240 g/mol. The molecule has 98 valence electrons. The van der Waals surface area contributed by atoms with Crippen molar-refractivity contribution in [2.24, 2.45) is 11.7 Å². The van der Waals surface area contributed by atoms with Gasteiger partial charge in [0, 0.05) is 19.3 Å². The number of ether oxygens (including phenoxy) is 1. The molecule has 0 radical (unpaired) electrons. The van der Waals surface area contributed by atoms with Gasteiger partial charge in [-0.2, -0.15) is 0 Å². The Bertz CT molecular complexity index is 277. The van der Waals surface area contributed by atoms with E-state index in [4.69, 9.17) is 10.5 Å². The van der Waals surface area contributed by atoms with Crippen LogP contribution in [0.3, 0.4) is 0 Å². The zero-order valence-electron chi connectivity index (χ0n) is 10.7. The Morgan fingerprint density at radius 2 is 2.06 bits per heavy atom. The summed E-state index contributed by atoms with van der Waals surface area (Å²) in [6.07, 6.45) is 5.74. The van der Waals surface area contributed by atoms with Crippen LogP contribution in [0.25, 0.3) is 0 Å².